The van der Waals surface area contributed by atoms with Crippen LogP contribution < -0.4 is 16.4 Å². The number of carbonyl (C=O) groups is 2. The molecule has 2 amide bonds. The van der Waals surface area contributed by atoms with Gasteiger partial charge in [-0.2, -0.15) is 0 Å². The lowest BCUT2D eigenvalue weighted by Crippen LogP contribution is -2.45. The minimum atomic E-state index is -0.463. The molecular formula is C14H19N3O2. The van der Waals surface area contributed by atoms with E-state index in [1.807, 2.05) is 13.0 Å². The van der Waals surface area contributed by atoms with Gasteiger partial charge in [-0.3, -0.25) is 9.59 Å². The van der Waals surface area contributed by atoms with Gasteiger partial charge in [0.2, 0.25) is 5.91 Å². The third kappa shape index (κ3) is 3.05. The molecule has 1 aromatic rings. The van der Waals surface area contributed by atoms with Crippen LogP contribution in [0.1, 0.15) is 35.2 Å². The third-order valence-electron chi connectivity index (χ3n) is 3.41. The summed E-state index contributed by atoms with van der Waals surface area (Å²) >= 11 is 0. The molecule has 0 saturated carbocycles. The van der Waals surface area contributed by atoms with Gasteiger partial charge in [0.25, 0.3) is 5.91 Å². The van der Waals surface area contributed by atoms with Crippen molar-refractivity contribution < 1.29 is 9.59 Å². The van der Waals surface area contributed by atoms with Crippen molar-refractivity contribution in [1.29, 1.82) is 0 Å². The molecule has 4 N–H and O–H groups in total. The molecule has 1 aliphatic rings. The highest BCUT2D eigenvalue weighted by molar-refractivity contribution is 6.01. The maximum Gasteiger partial charge on any atom is 0.254 e. The summed E-state index contributed by atoms with van der Waals surface area (Å²) in [6, 6.07) is 4.85. The van der Waals surface area contributed by atoms with Crippen LogP contribution in [0.4, 0.5) is 5.69 Å². The summed E-state index contributed by atoms with van der Waals surface area (Å²) in [5.41, 5.74) is 7.65. The van der Waals surface area contributed by atoms with Gasteiger partial charge >= 0.3 is 0 Å². The van der Waals surface area contributed by atoms with E-state index in [4.69, 9.17) is 5.73 Å². The maximum atomic E-state index is 12.2. The van der Waals surface area contributed by atoms with Crippen molar-refractivity contribution >= 4 is 17.5 Å². The molecule has 1 aliphatic heterocycles. The Morgan fingerprint density at radius 1 is 1.42 bits per heavy atom. The molecule has 0 spiro atoms. The number of rotatable bonds is 2. The van der Waals surface area contributed by atoms with Gasteiger partial charge in [0.15, 0.2) is 0 Å². The SMILES string of the molecule is Cc1cccc(C(=O)NC2CCCCNC2=O)c1N. The Kier molecular flexibility index (Phi) is 4.04. The zero-order valence-electron chi connectivity index (χ0n) is 11.0. The van der Waals surface area contributed by atoms with Crippen LogP contribution in [0.2, 0.25) is 0 Å². The van der Waals surface area contributed by atoms with E-state index in [2.05, 4.69) is 10.6 Å². The average molecular weight is 261 g/mol. The molecule has 0 aromatic heterocycles. The molecule has 0 radical (unpaired) electrons. The maximum absolute atomic E-state index is 12.2. The first-order valence-corrected chi connectivity index (χ1v) is 6.53. The summed E-state index contributed by atoms with van der Waals surface area (Å²) < 4.78 is 0. The summed E-state index contributed by atoms with van der Waals surface area (Å²) in [6.07, 6.45) is 2.54. The topological polar surface area (TPSA) is 84.2 Å². The second kappa shape index (κ2) is 5.73. The van der Waals surface area contributed by atoms with Gasteiger partial charge < -0.3 is 16.4 Å². The number of nitrogens with two attached hydrogens (primary N) is 1. The van der Waals surface area contributed by atoms with E-state index in [-0.39, 0.29) is 11.8 Å². The minimum Gasteiger partial charge on any atom is -0.398 e. The monoisotopic (exact) mass is 261 g/mol. The van der Waals surface area contributed by atoms with Crippen molar-refractivity contribution in [3.05, 3.63) is 29.3 Å². The molecule has 0 bridgehead atoms. The van der Waals surface area contributed by atoms with E-state index < -0.39 is 6.04 Å². The fourth-order valence-electron chi connectivity index (χ4n) is 2.19. The Balaban J connectivity index is 2.12. The molecule has 1 unspecified atom stereocenters. The van der Waals surface area contributed by atoms with Crippen LogP contribution in [0.25, 0.3) is 0 Å². The van der Waals surface area contributed by atoms with Crippen LogP contribution in [0, 0.1) is 6.92 Å². The van der Waals surface area contributed by atoms with Crippen molar-refractivity contribution in [2.75, 3.05) is 12.3 Å². The lowest BCUT2D eigenvalue weighted by molar-refractivity contribution is -0.122. The van der Waals surface area contributed by atoms with Gasteiger partial charge in [-0.1, -0.05) is 12.1 Å². The van der Waals surface area contributed by atoms with E-state index in [1.165, 1.54) is 0 Å². The lowest BCUT2D eigenvalue weighted by Gasteiger charge is -2.16. The van der Waals surface area contributed by atoms with Gasteiger partial charge in [-0.25, -0.2) is 0 Å². The predicted molar refractivity (Wildman–Crippen MR) is 73.7 cm³/mol. The molecule has 1 saturated heterocycles. The number of carbonyl (C=O) groups excluding carboxylic acids is 2. The summed E-state index contributed by atoms with van der Waals surface area (Å²) in [5, 5.41) is 5.55. The van der Waals surface area contributed by atoms with Gasteiger partial charge in [-0.15, -0.1) is 0 Å². The second-order valence-corrected chi connectivity index (χ2v) is 4.85. The number of para-hydroxylation sites is 1. The molecule has 5 nitrogen and oxygen atoms in total. The Morgan fingerprint density at radius 2 is 2.21 bits per heavy atom. The number of benzene rings is 1. The Bertz CT molecular complexity index is 499. The highest BCUT2D eigenvalue weighted by atomic mass is 16.2. The molecule has 102 valence electrons. The van der Waals surface area contributed by atoms with Crippen LogP contribution in [0.3, 0.4) is 0 Å². The molecule has 1 fully saturated rings. The molecule has 2 rings (SSSR count). The van der Waals surface area contributed by atoms with Crippen LogP contribution in [-0.2, 0) is 4.79 Å². The molecule has 5 heteroatoms. The van der Waals surface area contributed by atoms with Crippen molar-refractivity contribution in [3.63, 3.8) is 0 Å². The van der Waals surface area contributed by atoms with E-state index in [1.54, 1.807) is 12.1 Å². The van der Waals surface area contributed by atoms with Crippen molar-refractivity contribution in [1.82, 2.24) is 10.6 Å². The summed E-state index contributed by atoms with van der Waals surface area (Å²) in [4.78, 5) is 23.9. The van der Waals surface area contributed by atoms with Gasteiger partial charge in [0, 0.05) is 12.2 Å². The van der Waals surface area contributed by atoms with E-state index in [0.29, 0.717) is 24.2 Å². The number of nitrogen functional groups attached to an aromatic ring is 1. The zero-order valence-corrected chi connectivity index (χ0v) is 11.0. The number of amides is 2. The average Bonchev–Trinajstić information content (AvgIpc) is 2.58. The van der Waals surface area contributed by atoms with Crippen LogP contribution in [-0.4, -0.2) is 24.4 Å². The largest absolute Gasteiger partial charge is 0.398 e. The first-order chi connectivity index (χ1) is 9.09. The molecule has 1 atom stereocenters. The molecule has 0 aliphatic carbocycles. The fraction of sp³-hybridized carbons (Fsp3) is 0.429. The quantitative estimate of drug-likeness (QED) is 0.694. The van der Waals surface area contributed by atoms with Crippen molar-refractivity contribution in [2.24, 2.45) is 0 Å². The normalized spacial score (nSPS) is 19.4. The molecule has 1 heterocycles. The van der Waals surface area contributed by atoms with Gasteiger partial charge in [-0.05, 0) is 37.8 Å². The van der Waals surface area contributed by atoms with Gasteiger partial charge in [0.05, 0.1) is 5.56 Å². The number of anilines is 1. The van der Waals surface area contributed by atoms with Crippen molar-refractivity contribution in [2.45, 2.75) is 32.2 Å². The number of aryl methyl sites for hydroxylation is 1. The smallest absolute Gasteiger partial charge is 0.254 e. The predicted octanol–water partition coefficient (Wildman–Crippen LogP) is 0.976. The number of hydrogen-bond acceptors (Lipinski definition) is 3. The third-order valence-corrected chi connectivity index (χ3v) is 3.41. The first kappa shape index (κ1) is 13.4. The lowest BCUT2D eigenvalue weighted by atomic mass is 10.1. The first-order valence-electron chi connectivity index (χ1n) is 6.53. The molecule has 19 heavy (non-hydrogen) atoms. The molecular weight excluding hydrogens is 242 g/mol. The Hall–Kier alpha value is -2.04. The van der Waals surface area contributed by atoms with Crippen molar-refractivity contribution in [3.8, 4) is 0 Å². The minimum absolute atomic E-state index is 0.114. The number of hydrogen-bond donors (Lipinski definition) is 3. The van der Waals surface area contributed by atoms with Crippen LogP contribution >= 0.6 is 0 Å². The standard InChI is InChI=1S/C14H19N3O2/c1-9-5-4-6-10(12(9)15)13(18)17-11-7-2-3-8-16-14(11)19/h4-6,11H,2-3,7-8,15H2,1H3,(H,16,19)(H,17,18). The Morgan fingerprint density at radius 3 is 3.00 bits per heavy atom. The highest BCUT2D eigenvalue weighted by Gasteiger charge is 2.23. The van der Waals surface area contributed by atoms with E-state index in [0.717, 1.165) is 18.4 Å². The van der Waals surface area contributed by atoms with Crippen LogP contribution in [0.15, 0.2) is 18.2 Å². The van der Waals surface area contributed by atoms with E-state index in [9.17, 15) is 9.59 Å². The van der Waals surface area contributed by atoms with Gasteiger partial charge in [0.1, 0.15) is 6.04 Å². The number of nitrogens with one attached hydrogen (secondary N) is 2. The summed E-state index contributed by atoms with van der Waals surface area (Å²) in [7, 11) is 0. The van der Waals surface area contributed by atoms with E-state index >= 15 is 0 Å². The van der Waals surface area contributed by atoms with Crippen LogP contribution in [0.5, 0.6) is 0 Å². The highest BCUT2D eigenvalue weighted by Crippen LogP contribution is 2.17. The Labute approximate surface area is 112 Å². The molecule has 1 aromatic carbocycles. The summed E-state index contributed by atoms with van der Waals surface area (Å²) in [5.74, 6) is -0.402. The fourth-order valence-corrected chi connectivity index (χ4v) is 2.19. The summed E-state index contributed by atoms with van der Waals surface area (Å²) in [6.45, 7) is 2.53. The zero-order chi connectivity index (χ0) is 13.8. The second-order valence-electron chi connectivity index (χ2n) is 4.85.